The number of carbonyl (C=O) groups excluding carboxylic acids is 1. The zero-order valence-electron chi connectivity index (χ0n) is 9.91. The lowest BCUT2D eigenvalue weighted by molar-refractivity contribution is -0.124. The Labute approximate surface area is 95.8 Å². The molecular weight excluding hydrogens is 204 g/mol. The maximum Gasteiger partial charge on any atom is 0.240 e. The van der Waals surface area contributed by atoms with Gasteiger partial charge in [0.2, 0.25) is 5.91 Å². The van der Waals surface area contributed by atoms with Crippen LogP contribution >= 0.6 is 0 Å². The van der Waals surface area contributed by atoms with Gasteiger partial charge in [0.05, 0.1) is 0 Å². The molecule has 0 aliphatic heterocycles. The average Bonchev–Trinajstić information content (AvgIpc) is 2.26. The predicted octanol–water partition coefficient (Wildman–Crippen LogP) is 0.837. The van der Waals surface area contributed by atoms with Gasteiger partial charge in [0.1, 0.15) is 17.9 Å². The summed E-state index contributed by atoms with van der Waals surface area (Å²) in [6.07, 6.45) is 0. The predicted molar refractivity (Wildman–Crippen MR) is 63.3 cm³/mol. The minimum atomic E-state index is -0.844. The van der Waals surface area contributed by atoms with Crippen molar-refractivity contribution in [3.8, 4) is 5.75 Å². The van der Waals surface area contributed by atoms with Crippen molar-refractivity contribution in [1.29, 1.82) is 0 Å². The zero-order chi connectivity index (χ0) is 12.2. The molecule has 88 valence electrons. The maximum absolute atomic E-state index is 11.2. The van der Waals surface area contributed by atoms with Crippen molar-refractivity contribution in [3.05, 3.63) is 29.8 Å². The number of ether oxygens (including phenoxy) is 1. The van der Waals surface area contributed by atoms with Crippen molar-refractivity contribution in [2.75, 3.05) is 13.7 Å². The first-order valence-corrected chi connectivity index (χ1v) is 5.16. The number of hydrogen-bond donors (Lipinski definition) is 2. The number of aryl methyl sites for hydroxylation is 1. The molecule has 4 heteroatoms. The Hall–Kier alpha value is -1.55. The highest BCUT2D eigenvalue weighted by Crippen LogP contribution is 2.14. The lowest BCUT2D eigenvalue weighted by Crippen LogP contribution is -2.55. The number of rotatable bonds is 5. The molecule has 0 aliphatic carbocycles. The van der Waals surface area contributed by atoms with E-state index in [1.165, 1.54) is 0 Å². The van der Waals surface area contributed by atoms with E-state index in [0.29, 0.717) is 0 Å². The molecule has 1 aromatic carbocycles. The number of hydrogen-bond acceptors (Lipinski definition) is 3. The first-order chi connectivity index (χ1) is 7.48. The molecule has 0 saturated carbocycles. The average molecular weight is 222 g/mol. The second kappa shape index (κ2) is 4.99. The lowest BCUT2D eigenvalue weighted by atomic mass is 10.0. The van der Waals surface area contributed by atoms with E-state index in [9.17, 15) is 4.79 Å². The van der Waals surface area contributed by atoms with Crippen LogP contribution in [-0.4, -0.2) is 25.1 Å². The van der Waals surface area contributed by atoms with Crippen LogP contribution in [0.5, 0.6) is 5.75 Å². The van der Waals surface area contributed by atoms with Gasteiger partial charge in [-0.3, -0.25) is 4.79 Å². The molecule has 1 aromatic rings. The van der Waals surface area contributed by atoms with E-state index in [1.807, 2.05) is 31.2 Å². The molecule has 1 rings (SSSR count). The number of nitrogens with one attached hydrogen (secondary N) is 1. The normalized spacial score (nSPS) is 14.2. The summed E-state index contributed by atoms with van der Waals surface area (Å²) >= 11 is 0. The highest BCUT2D eigenvalue weighted by Gasteiger charge is 2.29. The first-order valence-electron chi connectivity index (χ1n) is 5.16. The molecule has 0 heterocycles. The summed E-state index contributed by atoms with van der Waals surface area (Å²) in [6.45, 7) is 3.91. The molecule has 0 saturated heterocycles. The van der Waals surface area contributed by atoms with Gasteiger partial charge >= 0.3 is 0 Å². The van der Waals surface area contributed by atoms with Crippen LogP contribution in [0.4, 0.5) is 0 Å². The van der Waals surface area contributed by atoms with Crippen molar-refractivity contribution < 1.29 is 9.53 Å². The van der Waals surface area contributed by atoms with Gasteiger partial charge in [-0.2, -0.15) is 0 Å². The van der Waals surface area contributed by atoms with Gasteiger partial charge in [0.25, 0.3) is 0 Å². The summed E-state index contributed by atoms with van der Waals surface area (Å²) < 4.78 is 5.54. The molecule has 0 bridgehead atoms. The largest absolute Gasteiger partial charge is 0.491 e. The van der Waals surface area contributed by atoms with Crippen LogP contribution < -0.4 is 15.8 Å². The third-order valence-corrected chi connectivity index (χ3v) is 2.61. The second-order valence-electron chi connectivity index (χ2n) is 4.05. The van der Waals surface area contributed by atoms with Crippen molar-refractivity contribution >= 4 is 5.91 Å². The third kappa shape index (κ3) is 2.97. The standard InChI is InChI=1S/C12H18N2O2/c1-9-5-4-6-10(7-9)16-8-12(2,14-3)11(13)15/h4-7,14H,8H2,1-3H3,(H2,13,15). The molecule has 1 unspecified atom stereocenters. The summed E-state index contributed by atoms with van der Waals surface area (Å²) in [4.78, 5) is 11.2. The van der Waals surface area contributed by atoms with E-state index < -0.39 is 11.4 Å². The van der Waals surface area contributed by atoms with E-state index in [-0.39, 0.29) is 6.61 Å². The van der Waals surface area contributed by atoms with E-state index in [4.69, 9.17) is 10.5 Å². The number of nitrogens with two attached hydrogens (primary N) is 1. The van der Waals surface area contributed by atoms with Gasteiger partial charge in [0, 0.05) is 0 Å². The van der Waals surface area contributed by atoms with Crippen LogP contribution in [0.25, 0.3) is 0 Å². The van der Waals surface area contributed by atoms with Crippen molar-refractivity contribution in [2.24, 2.45) is 5.73 Å². The Balaban J connectivity index is 2.66. The monoisotopic (exact) mass is 222 g/mol. The zero-order valence-corrected chi connectivity index (χ0v) is 9.91. The van der Waals surface area contributed by atoms with Gasteiger partial charge in [-0.05, 0) is 38.6 Å². The number of benzene rings is 1. The molecule has 1 amide bonds. The molecule has 4 nitrogen and oxygen atoms in total. The number of amides is 1. The number of likely N-dealkylation sites (N-methyl/N-ethyl adjacent to an activating group) is 1. The van der Waals surface area contributed by atoms with Crippen molar-refractivity contribution in [2.45, 2.75) is 19.4 Å². The smallest absolute Gasteiger partial charge is 0.240 e. The minimum Gasteiger partial charge on any atom is -0.491 e. The fourth-order valence-corrected chi connectivity index (χ4v) is 1.20. The van der Waals surface area contributed by atoms with Gasteiger partial charge in [-0.15, -0.1) is 0 Å². The Morgan fingerprint density at radius 3 is 2.75 bits per heavy atom. The Bertz CT molecular complexity index is 379. The molecule has 3 N–H and O–H groups in total. The number of primary amides is 1. The molecule has 0 aromatic heterocycles. The van der Waals surface area contributed by atoms with E-state index in [1.54, 1.807) is 14.0 Å². The summed E-state index contributed by atoms with van der Waals surface area (Å²) in [5, 5.41) is 2.86. The van der Waals surface area contributed by atoms with E-state index in [0.717, 1.165) is 11.3 Å². The molecule has 0 aliphatic rings. The topological polar surface area (TPSA) is 64.3 Å². The van der Waals surface area contributed by atoms with Crippen LogP contribution in [-0.2, 0) is 4.79 Å². The molecule has 0 spiro atoms. The molecular formula is C12H18N2O2. The maximum atomic E-state index is 11.2. The lowest BCUT2D eigenvalue weighted by Gasteiger charge is -2.25. The van der Waals surface area contributed by atoms with Crippen molar-refractivity contribution in [1.82, 2.24) is 5.32 Å². The number of carbonyl (C=O) groups is 1. The van der Waals surface area contributed by atoms with Crippen LogP contribution in [0, 0.1) is 6.92 Å². The first kappa shape index (κ1) is 12.5. The molecule has 1 atom stereocenters. The van der Waals surface area contributed by atoms with Gasteiger partial charge in [0.15, 0.2) is 0 Å². The Morgan fingerprint density at radius 2 is 2.25 bits per heavy atom. The highest BCUT2D eigenvalue weighted by molar-refractivity contribution is 5.84. The fraction of sp³-hybridized carbons (Fsp3) is 0.417. The SMILES string of the molecule is CNC(C)(COc1cccc(C)c1)C(N)=O. The van der Waals surface area contributed by atoms with Crippen molar-refractivity contribution in [3.63, 3.8) is 0 Å². The van der Waals surface area contributed by atoms with Gasteiger partial charge in [-0.25, -0.2) is 0 Å². The third-order valence-electron chi connectivity index (χ3n) is 2.61. The van der Waals surface area contributed by atoms with Crippen LogP contribution in [0.1, 0.15) is 12.5 Å². The molecule has 0 radical (unpaired) electrons. The van der Waals surface area contributed by atoms with E-state index in [2.05, 4.69) is 5.32 Å². The molecule has 16 heavy (non-hydrogen) atoms. The summed E-state index contributed by atoms with van der Waals surface area (Å²) in [5.74, 6) is 0.311. The molecule has 0 fully saturated rings. The fourth-order valence-electron chi connectivity index (χ4n) is 1.20. The second-order valence-corrected chi connectivity index (χ2v) is 4.05. The van der Waals surface area contributed by atoms with Crippen LogP contribution in [0.2, 0.25) is 0 Å². The van der Waals surface area contributed by atoms with E-state index >= 15 is 0 Å². The minimum absolute atomic E-state index is 0.211. The van der Waals surface area contributed by atoms with Crippen LogP contribution in [0.3, 0.4) is 0 Å². The Kier molecular flexibility index (Phi) is 3.90. The van der Waals surface area contributed by atoms with Gasteiger partial charge < -0.3 is 15.8 Å². The quantitative estimate of drug-likeness (QED) is 0.776. The summed E-state index contributed by atoms with van der Waals surface area (Å²) in [7, 11) is 1.68. The van der Waals surface area contributed by atoms with Gasteiger partial charge in [-0.1, -0.05) is 12.1 Å². The summed E-state index contributed by atoms with van der Waals surface area (Å²) in [5.41, 5.74) is 5.56. The highest BCUT2D eigenvalue weighted by atomic mass is 16.5. The Morgan fingerprint density at radius 1 is 1.56 bits per heavy atom. The summed E-state index contributed by atoms with van der Waals surface area (Å²) in [6, 6.07) is 7.66. The van der Waals surface area contributed by atoms with Crippen LogP contribution in [0.15, 0.2) is 24.3 Å².